The highest BCUT2D eigenvalue weighted by Gasteiger charge is 2.24. The Labute approximate surface area is 146 Å². The van der Waals surface area contributed by atoms with Crippen molar-refractivity contribution in [3.05, 3.63) is 65.6 Å². The van der Waals surface area contributed by atoms with E-state index in [-0.39, 0.29) is 11.9 Å². The summed E-state index contributed by atoms with van der Waals surface area (Å²) in [6, 6.07) is 11.5. The Balaban J connectivity index is 1.55. The van der Waals surface area contributed by atoms with Gasteiger partial charge in [-0.25, -0.2) is 4.79 Å². The van der Waals surface area contributed by atoms with Crippen LogP contribution < -0.4 is 5.32 Å². The summed E-state index contributed by atoms with van der Waals surface area (Å²) in [7, 11) is 0. The number of carbonyl (C=O) groups excluding carboxylic acids is 2. The van der Waals surface area contributed by atoms with Crippen LogP contribution in [-0.4, -0.2) is 18.0 Å². The van der Waals surface area contributed by atoms with Gasteiger partial charge in [0.25, 0.3) is 5.91 Å². The molecule has 0 fully saturated rings. The lowest BCUT2D eigenvalue weighted by Crippen LogP contribution is -2.39. The number of hydrogen-bond donors (Lipinski definition) is 1. The van der Waals surface area contributed by atoms with E-state index in [0.717, 1.165) is 24.8 Å². The number of furan rings is 1. The van der Waals surface area contributed by atoms with Crippen LogP contribution in [0, 0.1) is 0 Å². The zero-order valence-electron chi connectivity index (χ0n) is 14.1. The van der Waals surface area contributed by atoms with Gasteiger partial charge in [0.1, 0.15) is 5.76 Å². The standard InChI is InChI=1S/C20H21NO4/c1-14(25-19(22)12-11-16-8-5-13-24-16)20(23)21-18-10-4-7-15-6-2-3-9-17(15)18/h2-3,5-6,8-9,11-14,18H,4,7,10H2,1H3,(H,21,23)/b12-11+/t14-,18-/m0/s1. The van der Waals surface area contributed by atoms with Crippen molar-refractivity contribution in [2.24, 2.45) is 0 Å². The van der Waals surface area contributed by atoms with Crippen LogP contribution in [0.5, 0.6) is 0 Å². The highest BCUT2D eigenvalue weighted by atomic mass is 16.5. The second-order valence-electron chi connectivity index (χ2n) is 6.08. The molecule has 1 heterocycles. The molecule has 1 N–H and O–H groups in total. The molecule has 2 atom stereocenters. The minimum Gasteiger partial charge on any atom is -0.465 e. The number of rotatable bonds is 5. The quantitative estimate of drug-likeness (QED) is 0.669. The fraction of sp³-hybridized carbons (Fsp3) is 0.300. The number of carbonyl (C=O) groups is 2. The van der Waals surface area contributed by atoms with Crippen LogP contribution in [0.25, 0.3) is 6.08 Å². The summed E-state index contributed by atoms with van der Waals surface area (Å²) < 4.78 is 10.3. The van der Waals surface area contributed by atoms with Crippen molar-refractivity contribution in [2.75, 3.05) is 0 Å². The van der Waals surface area contributed by atoms with Gasteiger partial charge in [-0.1, -0.05) is 24.3 Å². The molecule has 1 amide bonds. The molecular formula is C20H21NO4. The molecule has 5 heteroatoms. The van der Waals surface area contributed by atoms with Gasteiger partial charge < -0.3 is 14.5 Å². The minimum atomic E-state index is -0.858. The molecule has 130 valence electrons. The van der Waals surface area contributed by atoms with E-state index in [4.69, 9.17) is 9.15 Å². The number of aryl methyl sites for hydroxylation is 1. The van der Waals surface area contributed by atoms with Gasteiger partial charge in [-0.2, -0.15) is 0 Å². The molecule has 5 nitrogen and oxygen atoms in total. The fourth-order valence-corrected chi connectivity index (χ4v) is 3.00. The van der Waals surface area contributed by atoms with Gasteiger partial charge >= 0.3 is 5.97 Å². The van der Waals surface area contributed by atoms with Gasteiger partial charge in [0, 0.05) is 6.08 Å². The fourth-order valence-electron chi connectivity index (χ4n) is 3.00. The van der Waals surface area contributed by atoms with Crippen LogP contribution >= 0.6 is 0 Å². The van der Waals surface area contributed by atoms with Crippen LogP contribution in [0.4, 0.5) is 0 Å². The monoisotopic (exact) mass is 339 g/mol. The molecule has 0 unspecified atom stereocenters. The van der Waals surface area contributed by atoms with Crippen molar-refractivity contribution in [3.8, 4) is 0 Å². The topological polar surface area (TPSA) is 68.5 Å². The molecule has 1 aromatic heterocycles. The third kappa shape index (κ3) is 4.38. The number of amides is 1. The molecule has 0 bridgehead atoms. The van der Waals surface area contributed by atoms with Crippen molar-refractivity contribution < 1.29 is 18.7 Å². The predicted octanol–water partition coefficient (Wildman–Crippen LogP) is 3.42. The zero-order chi connectivity index (χ0) is 17.6. The summed E-state index contributed by atoms with van der Waals surface area (Å²) in [5.74, 6) is -0.322. The van der Waals surface area contributed by atoms with Crippen molar-refractivity contribution >= 4 is 18.0 Å². The first-order valence-corrected chi connectivity index (χ1v) is 8.44. The van der Waals surface area contributed by atoms with Gasteiger partial charge in [-0.3, -0.25) is 4.79 Å². The Morgan fingerprint density at radius 3 is 2.92 bits per heavy atom. The largest absolute Gasteiger partial charge is 0.465 e. The minimum absolute atomic E-state index is 0.0303. The van der Waals surface area contributed by atoms with Crippen molar-refractivity contribution in [1.82, 2.24) is 5.32 Å². The van der Waals surface area contributed by atoms with E-state index >= 15 is 0 Å². The van der Waals surface area contributed by atoms with E-state index < -0.39 is 12.1 Å². The van der Waals surface area contributed by atoms with Gasteiger partial charge in [-0.05, 0) is 55.5 Å². The molecule has 3 rings (SSSR count). The second kappa shape index (κ2) is 7.83. The zero-order valence-corrected chi connectivity index (χ0v) is 14.1. The number of hydrogen-bond acceptors (Lipinski definition) is 4. The van der Waals surface area contributed by atoms with Crippen LogP contribution in [0.15, 0.2) is 53.2 Å². The Hall–Kier alpha value is -2.82. The molecule has 1 aromatic carbocycles. The number of benzene rings is 1. The van der Waals surface area contributed by atoms with Crippen LogP contribution in [-0.2, 0) is 20.7 Å². The Morgan fingerprint density at radius 2 is 2.12 bits per heavy atom. The lowest BCUT2D eigenvalue weighted by Gasteiger charge is -2.27. The number of nitrogens with one attached hydrogen (secondary N) is 1. The van der Waals surface area contributed by atoms with Gasteiger partial charge in [0.2, 0.25) is 0 Å². The third-order valence-electron chi connectivity index (χ3n) is 4.27. The number of esters is 1. The summed E-state index contributed by atoms with van der Waals surface area (Å²) in [5.41, 5.74) is 2.42. The van der Waals surface area contributed by atoms with Crippen LogP contribution in [0.3, 0.4) is 0 Å². The smallest absolute Gasteiger partial charge is 0.331 e. The van der Waals surface area contributed by atoms with E-state index in [9.17, 15) is 9.59 Å². The molecule has 0 aliphatic heterocycles. The van der Waals surface area contributed by atoms with Crippen molar-refractivity contribution in [3.63, 3.8) is 0 Å². The maximum Gasteiger partial charge on any atom is 0.331 e. The van der Waals surface area contributed by atoms with Crippen LogP contribution in [0.1, 0.15) is 42.7 Å². The van der Waals surface area contributed by atoms with E-state index in [0.29, 0.717) is 5.76 Å². The highest BCUT2D eigenvalue weighted by molar-refractivity contribution is 5.90. The number of fused-ring (bicyclic) bond motifs is 1. The normalized spacial score (nSPS) is 17.7. The molecule has 25 heavy (non-hydrogen) atoms. The summed E-state index contributed by atoms with van der Waals surface area (Å²) in [6.07, 6.45) is 6.36. The first-order valence-electron chi connectivity index (χ1n) is 8.44. The van der Waals surface area contributed by atoms with E-state index in [1.807, 2.05) is 18.2 Å². The van der Waals surface area contributed by atoms with E-state index in [1.54, 1.807) is 19.1 Å². The maximum absolute atomic E-state index is 12.4. The van der Waals surface area contributed by atoms with Crippen molar-refractivity contribution in [2.45, 2.75) is 38.3 Å². The maximum atomic E-state index is 12.4. The molecular weight excluding hydrogens is 318 g/mol. The van der Waals surface area contributed by atoms with Crippen LogP contribution in [0.2, 0.25) is 0 Å². The molecule has 1 aliphatic rings. The SMILES string of the molecule is C[C@H](OC(=O)/C=C/c1ccco1)C(=O)N[C@H]1CCCc2ccccc21. The Morgan fingerprint density at radius 1 is 1.28 bits per heavy atom. The van der Waals surface area contributed by atoms with E-state index in [2.05, 4.69) is 11.4 Å². The van der Waals surface area contributed by atoms with E-state index in [1.165, 1.54) is 24.0 Å². The molecule has 0 spiro atoms. The second-order valence-corrected chi connectivity index (χ2v) is 6.08. The molecule has 0 radical (unpaired) electrons. The Bertz CT molecular complexity index is 764. The van der Waals surface area contributed by atoms with Gasteiger partial charge in [0.05, 0.1) is 12.3 Å². The summed E-state index contributed by atoms with van der Waals surface area (Å²) in [4.78, 5) is 24.2. The highest BCUT2D eigenvalue weighted by Crippen LogP contribution is 2.29. The number of ether oxygens (including phenoxy) is 1. The predicted molar refractivity (Wildman–Crippen MR) is 93.6 cm³/mol. The van der Waals surface area contributed by atoms with Gasteiger partial charge in [-0.15, -0.1) is 0 Å². The molecule has 0 saturated heterocycles. The lowest BCUT2D eigenvalue weighted by molar-refractivity contribution is -0.150. The first-order chi connectivity index (χ1) is 12.1. The molecule has 0 saturated carbocycles. The summed E-state index contributed by atoms with van der Waals surface area (Å²) in [5, 5.41) is 2.99. The lowest BCUT2D eigenvalue weighted by atomic mass is 9.87. The third-order valence-corrected chi connectivity index (χ3v) is 4.27. The molecule has 1 aliphatic carbocycles. The average molecular weight is 339 g/mol. The summed E-state index contributed by atoms with van der Waals surface area (Å²) >= 11 is 0. The van der Waals surface area contributed by atoms with Crippen molar-refractivity contribution in [1.29, 1.82) is 0 Å². The average Bonchev–Trinajstić information content (AvgIpc) is 3.14. The first kappa shape index (κ1) is 17.0. The van der Waals surface area contributed by atoms with Gasteiger partial charge in [0.15, 0.2) is 6.10 Å². The molecule has 2 aromatic rings. The summed E-state index contributed by atoms with van der Waals surface area (Å²) in [6.45, 7) is 1.57. The Kier molecular flexibility index (Phi) is 5.33.